The Morgan fingerprint density at radius 1 is 1.56 bits per heavy atom. The van der Waals surface area contributed by atoms with E-state index in [2.05, 4.69) is 5.32 Å². The van der Waals surface area contributed by atoms with Gasteiger partial charge in [0.05, 0.1) is 11.3 Å². The Hall–Kier alpha value is -1.77. The van der Waals surface area contributed by atoms with Crippen molar-refractivity contribution >= 4 is 24.0 Å². The molecule has 0 unspecified atom stereocenters. The molecule has 1 amide bonds. The van der Waals surface area contributed by atoms with Crippen molar-refractivity contribution in [1.82, 2.24) is 0 Å². The summed E-state index contributed by atoms with van der Waals surface area (Å²) in [4.78, 5) is 11.1. The molecule has 0 atom stereocenters. The zero-order chi connectivity index (χ0) is 10.8. The summed E-state index contributed by atoms with van der Waals surface area (Å²) in [7, 11) is 0. The average Bonchev–Trinajstić information content (AvgIpc) is 2.26. The highest BCUT2D eigenvalue weighted by molar-refractivity contribution is 5.96. The quantitative estimate of drug-likeness (QED) is 0.758. The lowest BCUT2D eigenvalue weighted by Gasteiger charge is -2.19. The van der Waals surface area contributed by atoms with E-state index in [0.29, 0.717) is 23.5 Å². The molecule has 1 aliphatic rings. The molecule has 0 spiro atoms. The third-order valence-corrected chi connectivity index (χ3v) is 2.13. The number of anilines is 1. The van der Waals surface area contributed by atoms with Crippen LogP contribution in [0.15, 0.2) is 12.1 Å². The van der Waals surface area contributed by atoms with Crippen LogP contribution < -0.4 is 15.8 Å². The van der Waals surface area contributed by atoms with Gasteiger partial charge in [0, 0.05) is 6.54 Å². The van der Waals surface area contributed by atoms with Gasteiger partial charge in [-0.05, 0) is 17.7 Å². The van der Waals surface area contributed by atoms with Crippen LogP contribution in [0.1, 0.15) is 11.1 Å². The van der Waals surface area contributed by atoms with Gasteiger partial charge in [-0.3, -0.25) is 4.79 Å². The van der Waals surface area contributed by atoms with Crippen molar-refractivity contribution in [2.45, 2.75) is 6.54 Å². The Morgan fingerprint density at radius 2 is 2.31 bits per heavy atom. The number of amides is 1. The first kappa shape index (κ1) is 12.3. The molecular weight excluding hydrogens is 230 g/mol. The third-order valence-electron chi connectivity index (χ3n) is 2.13. The second-order valence-electron chi connectivity index (χ2n) is 3.17. The van der Waals surface area contributed by atoms with Crippen molar-refractivity contribution in [3.63, 3.8) is 0 Å². The third kappa shape index (κ3) is 2.08. The number of hydrogen-bond acceptors (Lipinski definition) is 4. The number of carbonyl (C=O) groups is 1. The molecule has 0 bridgehead atoms. The molecule has 0 fully saturated rings. The lowest BCUT2D eigenvalue weighted by molar-refractivity contribution is -0.118. The van der Waals surface area contributed by atoms with Gasteiger partial charge in [-0.1, -0.05) is 0 Å². The summed E-state index contributed by atoms with van der Waals surface area (Å²) < 4.78 is 5.18. The smallest absolute Gasteiger partial charge is 0.262 e. The van der Waals surface area contributed by atoms with Crippen LogP contribution in [0, 0.1) is 11.3 Å². The lowest BCUT2D eigenvalue weighted by atomic mass is 10.1. The first-order valence-electron chi connectivity index (χ1n) is 4.44. The van der Waals surface area contributed by atoms with Crippen LogP contribution in [-0.4, -0.2) is 12.5 Å². The normalized spacial score (nSPS) is 12.6. The number of nitrogens with two attached hydrogens (primary N) is 1. The largest absolute Gasteiger partial charge is 0.480 e. The van der Waals surface area contributed by atoms with E-state index in [-0.39, 0.29) is 24.9 Å². The van der Waals surface area contributed by atoms with Crippen molar-refractivity contribution in [2.75, 3.05) is 11.9 Å². The topological polar surface area (TPSA) is 88.1 Å². The van der Waals surface area contributed by atoms with Crippen LogP contribution in [-0.2, 0) is 11.3 Å². The van der Waals surface area contributed by atoms with Gasteiger partial charge in [0.2, 0.25) is 0 Å². The number of fused-ring (bicyclic) bond motifs is 1. The number of carbonyl (C=O) groups excluding carboxylic acids is 1. The number of rotatable bonds is 1. The van der Waals surface area contributed by atoms with Crippen molar-refractivity contribution in [3.8, 4) is 11.8 Å². The van der Waals surface area contributed by atoms with E-state index in [0.717, 1.165) is 5.56 Å². The van der Waals surface area contributed by atoms with Crippen LogP contribution in [0.2, 0.25) is 0 Å². The summed E-state index contributed by atoms with van der Waals surface area (Å²) in [6.45, 7) is 0.265. The highest BCUT2D eigenvalue weighted by Crippen LogP contribution is 2.32. The maximum atomic E-state index is 11.1. The second kappa shape index (κ2) is 4.84. The number of hydrogen-bond donors (Lipinski definition) is 2. The number of halogens is 1. The van der Waals surface area contributed by atoms with Gasteiger partial charge in [-0.25, -0.2) is 0 Å². The molecule has 0 aromatic heterocycles. The summed E-state index contributed by atoms with van der Waals surface area (Å²) in [5, 5.41) is 11.5. The first-order chi connectivity index (χ1) is 7.24. The summed E-state index contributed by atoms with van der Waals surface area (Å²) in [6.07, 6.45) is 0. The molecule has 1 aromatic rings. The molecular formula is C10H10ClN3O2. The predicted molar refractivity (Wildman–Crippen MR) is 60.4 cm³/mol. The Kier molecular flexibility index (Phi) is 3.72. The van der Waals surface area contributed by atoms with Crippen LogP contribution in [0.5, 0.6) is 5.75 Å². The monoisotopic (exact) mass is 239 g/mol. The van der Waals surface area contributed by atoms with Crippen molar-refractivity contribution in [2.24, 2.45) is 5.73 Å². The Balaban J connectivity index is 0.00000128. The van der Waals surface area contributed by atoms with Crippen molar-refractivity contribution in [1.29, 1.82) is 5.26 Å². The van der Waals surface area contributed by atoms with E-state index < -0.39 is 0 Å². The van der Waals surface area contributed by atoms with E-state index in [9.17, 15) is 4.79 Å². The van der Waals surface area contributed by atoms with E-state index >= 15 is 0 Å². The van der Waals surface area contributed by atoms with Crippen LogP contribution in [0.3, 0.4) is 0 Å². The zero-order valence-electron chi connectivity index (χ0n) is 8.32. The molecule has 5 nitrogen and oxygen atoms in total. The molecule has 2 rings (SSSR count). The second-order valence-corrected chi connectivity index (χ2v) is 3.17. The van der Waals surface area contributed by atoms with Crippen molar-refractivity contribution in [3.05, 3.63) is 23.3 Å². The van der Waals surface area contributed by atoms with Gasteiger partial charge in [-0.2, -0.15) is 5.26 Å². The highest BCUT2D eigenvalue weighted by Gasteiger charge is 2.19. The van der Waals surface area contributed by atoms with E-state index in [1.54, 1.807) is 12.1 Å². The molecule has 1 aromatic carbocycles. The van der Waals surface area contributed by atoms with Gasteiger partial charge < -0.3 is 15.8 Å². The highest BCUT2D eigenvalue weighted by atomic mass is 35.5. The molecule has 1 heterocycles. The molecule has 1 aliphatic heterocycles. The first-order valence-corrected chi connectivity index (χ1v) is 4.44. The van der Waals surface area contributed by atoms with E-state index in [1.165, 1.54) is 0 Å². The number of nitrogens with one attached hydrogen (secondary N) is 1. The Morgan fingerprint density at radius 3 is 2.94 bits per heavy atom. The summed E-state index contributed by atoms with van der Waals surface area (Å²) in [6, 6.07) is 5.39. The maximum Gasteiger partial charge on any atom is 0.262 e. The Labute approximate surface area is 98.6 Å². The fourth-order valence-electron chi connectivity index (χ4n) is 1.46. The summed E-state index contributed by atoms with van der Waals surface area (Å²) in [5.41, 5.74) is 7.18. The van der Waals surface area contributed by atoms with E-state index in [1.807, 2.05) is 6.07 Å². The minimum Gasteiger partial charge on any atom is -0.480 e. The van der Waals surface area contributed by atoms with Gasteiger partial charge in [-0.15, -0.1) is 12.4 Å². The number of ether oxygens (including phenoxy) is 1. The lowest BCUT2D eigenvalue weighted by Crippen LogP contribution is -2.26. The van der Waals surface area contributed by atoms with Gasteiger partial charge in [0.15, 0.2) is 12.4 Å². The minimum absolute atomic E-state index is 0. The molecule has 0 saturated heterocycles. The fourth-order valence-corrected chi connectivity index (χ4v) is 1.46. The number of nitriles is 1. The fraction of sp³-hybridized carbons (Fsp3) is 0.200. The predicted octanol–water partition coefficient (Wildman–Crippen LogP) is 0.770. The van der Waals surface area contributed by atoms with Gasteiger partial charge >= 0.3 is 0 Å². The van der Waals surface area contributed by atoms with Crippen LogP contribution in [0.4, 0.5) is 5.69 Å². The molecule has 3 N–H and O–H groups in total. The van der Waals surface area contributed by atoms with Crippen LogP contribution >= 0.6 is 12.4 Å². The average molecular weight is 240 g/mol. The Bertz CT molecular complexity index is 468. The zero-order valence-corrected chi connectivity index (χ0v) is 9.13. The van der Waals surface area contributed by atoms with Gasteiger partial charge in [0.1, 0.15) is 6.07 Å². The number of benzene rings is 1. The molecule has 84 valence electrons. The molecule has 0 radical (unpaired) electrons. The summed E-state index contributed by atoms with van der Waals surface area (Å²) >= 11 is 0. The molecule has 16 heavy (non-hydrogen) atoms. The van der Waals surface area contributed by atoms with Gasteiger partial charge in [0.25, 0.3) is 5.91 Å². The molecule has 6 heteroatoms. The standard InChI is InChI=1S/C10H9N3O2.ClH/c11-3-6-1-7(4-12)10-8(2-6)13-9(14)5-15-10;/h1-2H,3,5,11H2,(H,13,14);1H. The molecule has 0 aliphatic carbocycles. The van der Waals surface area contributed by atoms with E-state index in [4.69, 9.17) is 15.7 Å². The molecule has 0 saturated carbocycles. The SMILES string of the molecule is Cl.N#Cc1cc(CN)cc2c1OCC(=O)N2. The van der Waals surface area contributed by atoms with Crippen LogP contribution in [0.25, 0.3) is 0 Å². The number of nitrogens with zero attached hydrogens (tertiary/aromatic N) is 1. The maximum absolute atomic E-state index is 11.1. The minimum atomic E-state index is -0.222. The summed E-state index contributed by atoms with van der Waals surface area (Å²) in [5.74, 6) is 0.204. The van der Waals surface area contributed by atoms with Crippen molar-refractivity contribution < 1.29 is 9.53 Å².